The number of rotatable bonds is 4. The number of hydrogen-bond acceptors (Lipinski definition) is 5. The van der Waals surface area contributed by atoms with Gasteiger partial charge in [-0.2, -0.15) is 4.80 Å². The number of halogens is 1. The second-order valence-electron chi connectivity index (χ2n) is 5.59. The summed E-state index contributed by atoms with van der Waals surface area (Å²) in [4.78, 5) is 13.1. The fourth-order valence-electron chi connectivity index (χ4n) is 2.19. The molecule has 0 spiro atoms. The lowest BCUT2D eigenvalue weighted by atomic mass is 10.2. The molecule has 1 amide bonds. The first kappa shape index (κ1) is 18.4. The van der Waals surface area contributed by atoms with Crippen LogP contribution < -0.4 is 16.2 Å². The zero-order chi connectivity index (χ0) is 19.2. The number of nitrogens with one attached hydrogen (secondary N) is 3. The topological polar surface area (TPSA) is 96.8 Å². The van der Waals surface area contributed by atoms with Crippen LogP contribution in [0.3, 0.4) is 0 Å². The molecule has 8 nitrogen and oxygen atoms in total. The van der Waals surface area contributed by atoms with Crippen LogP contribution in [0.1, 0.15) is 5.56 Å². The molecule has 10 heteroatoms. The third-order valence-corrected chi connectivity index (χ3v) is 3.75. The predicted molar refractivity (Wildman–Crippen MR) is 102 cm³/mol. The van der Waals surface area contributed by atoms with Crippen LogP contribution in [0.5, 0.6) is 0 Å². The van der Waals surface area contributed by atoms with Crippen LogP contribution in [0.4, 0.5) is 10.1 Å². The van der Waals surface area contributed by atoms with Crippen molar-refractivity contribution in [1.82, 2.24) is 31.1 Å². The van der Waals surface area contributed by atoms with Gasteiger partial charge in [-0.05, 0) is 60.3 Å². The number of hydrazine groups is 1. The Morgan fingerprint density at radius 3 is 2.63 bits per heavy atom. The molecule has 3 aromatic rings. The lowest BCUT2D eigenvalue weighted by Crippen LogP contribution is -2.45. The van der Waals surface area contributed by atoms with E-state index in [1.54, 1.807) is 0 Å². The molecule has 138 valence electrons. The van der Waals surface area contributed by atoms with Crippen molar-refractivity contribution in [3.8, 4) is 11.4 Å². The number of para-hydroxylation sites is 1. The molecular formula is C17H16FN7OS. The van der Waals surface area contributed by atoms with Crippen molar-refractivity contribution in [1.29, 1.82) is 0 Å². The monoisotopic (exact) mass is 385 g/mol. The molecule has 0 fully saturated rings. The maximum Gasteiger partial charge on any atom is 0.262 e. The van der Waals surface area contributed by atoms with Crippen LogP contribution >= 0.6 is 12.2 Å². The molecule has 0 saturated carbocycles. The Labute approximate surface area is 159 Å². The zero-order valence-corrected chi connectivity index (χ0v) is 15.1. The summed E-state index contributed by atoms with van der Waals surface area (Å²) in [6.07, 6.45) is 0. The van der Waals surface area contributed by atoms with E-state index < -0.39 is 5.91 Å². The van der Waals surface area contributed by atoms with Crippen molar-refractivity contribution in [2.45, 2.75) is 13.5 Å². The van der Waals surface area contributed by atoms with Crippen molar-refractivity contribution in [2.24, 2.45) is 0 Å². The molecule has 0 bridgehead atoms. The molecule has 3 N–H and O–H groups in total. The minimum absolute atomic E-state index is 0.159. The van der Waals surface area contributed by atoms with Gasteiger partial charge in [0.05, 0.1) is 0 Å². The van der Waals surface area contributed by atoms with Crippen molar-refractivity contribution in [2.75, 3.05) is 5.32 Å². The first-order valence-corrected chi connectivity index (χ1v) is 8.37. The number of carbonyl (C=O) groups excluding carboxylic acids is 1. The van der Waals surface area contributed by atoms with Crippen molar-refractivity contribution >= 4 is 28.9 Å². The Kier molecular flexibility index (Phi) is 5.67. The van der Waals surface area contributed by atoms with Gasteiger partial charge in [0.1, 0.15) is 12.4 Å². The summed E-state index contributed by atoms with van der Waals surface area (Å²) in [5.41, 5.74) is 7.53. The van der Waals surface area contributed by atoms with Gasteiger partial charge in [-0.3, -0.25) is 15.6 Å². The van der Waals surface area contributed by atoms with E-state index in [1.807, 2.05) is 31.2 Å². The average molecular weight is 385 g/mol. The van der Waals surface area contributed by atoms with Crippen LogP contribution in [0, 0.1) is 12.7 Å². The summed E-state index contributed by atoms with van der Waals surface area (Å²) in [6, 6.07) is 13.3. The van der Waals surface area contributed by atoms with Gasteiger partial charge in [-0.25, -0.2) is 4.39 Å². The standard InChI is InChI=1S/C17H16FN7OS/c1-11-4-2-3-5-14(11)19-17(27)22-20-15(26)10-25-23-16(21-24-25)12-6-8-13(18)9-7-12/h2-9H,10H2,1H3,(H,20,26)(H2,19,22,27). The number of tetrazole rings is 1. The van der Waals surface area contributed by atoms with E-state index in [0.29, 0.717) is 11.4 Å². The highest BCUT2D eigenvalue weighted by molar-refractivity contribution is 7.80. The lowest BCUT2D eigenvalue weighted by molar-refractivity contribution is -0.122. The molecule has 0 radical (unpaired) electrons. The molecule has 2 aromatic carbocycles. The van der Waals surface area contributed by atoms with Crippen molar-refractivity contribution in [3.63, 3.8) is 0 Å². The fraction of sp³-hybridized carbons (Fsp3) is 0.118. The smallest absolute Gasteiger partial charge is 0.262 e. The lowest BCUT2D eigenvalue weighted by Gasteiger charge is -2.12. The Bertz CT molecular complexity index is 958. The minimum atomic E-state index is -0.410. The molecular weight excluding hydrogens is 369 g/mol. The highest BCUT2D eigenvalue weighted by Crippen LogP contribution is 2.14. The molecule has 0 aliphatic rings. The quantitative estimate of drug-likeness (QED) is 0.465. The molecule has 1 aromatic heterocycles. The predicted octanol–water partition coefficient (Wildman–Crippen LogP) is 1.81. The molecule has 0 aliphatic heterocycles. The summed E-state index contributed by atoms with van der Waals surface area (Å²) in [7, 11) is 0. The largest absolute Gasteiger partial charge is 0.331 e. The van der Waals surface area contributed by atoms with Gasteiger partial charge in [0.25, 0.3) is 5.91 Å². The third-order valence-electron chi connectivity index (χ3n) is 3.55. The number of amides is 1. The Hall–Kier alpha value is -3.40. The summed E-state index contributed by atoms with van der Waals surface area (Å²) in [5, 5.41) is 15.0. The summed E-state index contributed by atoms with van der Waals surface area (Å²) >= 11 is 5.14. The van der Waals surface area contributed by atoms with Crippen LogP contribution in [-0.4, -0.2) is 31.2 Å². The Morgan fingerprint density at radius 1 is 1.15 bits per heavy atom. The molecule has 0 unspecified atom stereocenters. The van der Waals surface area contributed by atoms with Crippen LogP contribution in [0.15, 0.2) is 48.5 Å². The van der Waals surface area contributed by atoms with Gasteiger partial charge in [0.15, 0.2) is 5.11 Å². The second-order valence-corrected chi connectivity index (χ2v) is 6.00. The van der Waals surface area contributed by atoms with Gasteiger partial charge in [-0.1, -0.05) is 18.2 Å². The van der Waals surface area contributed by atoms with E-state index in [-0.39, 0.29) is 17.5 Å². The molecule has 0 aliphatic carbocycles. The van der Waals surface area contributed by atoms with Crippen molar-refractivity contribution in [3.05, 3.63) is 59.9 Å². The number of benzene rings is 2. The van der Waals surface area contributed by atoms with Gasteiger partial charge in [-0.15, -0.1) is 10.2 Å². The normalized spacial score (nSPS) is 10.3. The minimum Gasteiger partial charge on any atom is -0.331 e. The maximum absolute atomic E-state index is 13.0. The summed E-state index contributed by atoms with van der Waals surface area (Å²) in [5.74, 6) is -0.466. The Morgan fingerprint density at radius 2 is 1.89 bits per heavy atom. The fourth-order valence-corrected chi connectivity index (χ4v) is 2.35. The Balaban J connectivity index is 1.50. The summed E-state index contributed by atoms with van der Waals surface area (Å²) < 4.78 is 13.0. The van der Waals surface area contributed by atoms with E-state index in [0.717, 1.165) is 16.0 Å². The van der Waals surface area contributed by atoms with Gasteiger partial charge in [0.2, 0.25) is 5.82 Å². The third kappa shape index (κ3) is 5.05. The van der Waals surface area contributed by atoms with Crippen LogP contribution in [0.25, 0.3) is 11.4 Å². The first-order valence-electron chi connectivity index (χ1n) is 7.96. The van der Waals surface area contributed by atoms with Crippen LogP contribution in [-0.2, 0) is 11.3 Å². The number of hydrogen-bond donors (Lipinski definition) is 3. The van der Waals surface area contributed by atoms with E-state index in [1.165, 1.54) is 24.3 Å². The molecule has 3 rings (SSSR count). The SMILES string of the molecule is Cc1ccccc1NC(=S)NNC(=O)Cn1nnc(-c2ccc(F)cc2)n1. The number of aryl methyl sites for hydroxylation is 1. The van der Waals surface area contributed by atoms with Gasteiger partial charge in [0, 0.05) is 11.3 Å². The van der Waals surface area contributed by atoms with E-state index >= 15 is 0 Å². The number of nitrogens with zero attached hydrogens (tertiary/aromatic N) is 4. The van der Waals surface area contributed by atoms with E-state index in [9.17, 15) is 9.18 Å². The van der Waals surface area contributed by atoms with Gasteiger partial charge >= 0.3 is 0 Å². The van der Waals surface area contributed by atoms with E-state index in [2.05, 4.69) is 31.6 Å². The average Bonchev–Trinajstić information content (AvgIpc) is 3.11. The zero-order valence-electron chi connectivity index (χ0n) is 14.3. The van der Waals surface area contributed by atoms with Crippen molar-refractivity contribution < 1.29 is 9.18 Å². The molecule has 1 heterocycles. The molecule has 0 atom stereocenters. The number of anilines is 1. The maximum atomic E-state index is 13.0. The summed E-state index contributed by atoms with van der Waals surface area (Å²) in [6.45, 7) is 1.78. The van der Waals surface area contributed by atoms with Gasteiger partial charge < -0.3 is 5.32 Å². The van der Waals surface area contributed by atoms with Crippen LogP contribution in [0.2, 0.25) is 0 Å². The number of thiocarbonyl (C=S) groups is 1. The first-order chi connectivity index (χ1) is 13.0. The molecule has 27 heavy (non-hydrogen) atoms. The highest BCUT2D eigenvalue weighted by atomic mass is 32.1. The van der Waals surface area contributed by atoms with E-state index in [4.69, 9.17) is 12.2 Å². The number of aromatic nitrogens is 4. The number of carbonyl (C=O) groups is 1. The highest BCUT2D eigenvalue weighted by Gasteiger charge is 2.10. The second kappa shape index (κ2) is 8.32. The molecule has 0 saturated heterocycles.